The van der Waals surface area contributed by atoms with Gasteiger partial charge in [0.05, 0.1) is 5.41 Å². The summed E-state index contributed by atoms with van der Waals surface area (Å²) >= 11 is 0. The zero-order valence-corrected chi connectivity index (χ0v) is 12.9. The van der Waals surface area contributed by atoms with Crippen molar-refractivity contribution in [3.63, 3.8) is 0 Å². The van der Waals surface area contributed by atoms with E-state index in [1.807, 2.05) is 4.90 Å². The molecule has 0 aromatic carbocycles. The number of carboxylic acid groups (broad SMARTS) is 1. The van der Waals surface area contributed by atoms with E-state index in [0.717, 1.165) is 19.3 Å². The van der Waals surface area contributed by atoms with Crippen LogP contribution in [0, 0.1) is 17.3 Å². The molecule has 3 rings (SSSR count). The number of nitrogens with zero attached hydrogens (tertiary/aromatic N) is 1. The second-order valence-corrected chi connectivity index (χ2v) is 7.39. The Balaban J connectivity index is 1.60. The molecular weight excluding hydrogens is 266 g/mol. The van der Waals surface area contributed by atoms with Gasteiger partial charge >= 0.3 is 5.97 Å². The highest BCUT2D eigenvalue weighted by atomic mass is 16.4. The number of rotatable bonds is 3. The molecule has 1 heterocycles. The first-order chi connectivity index (χ1) is 10.1. The fourth-order valence-corrected chi connectivity index (χ4v) is 4.77. The zero-order valence-electron chi connectivity index (χ0n) is 12.9. The second-order valence-electron chi connectivity index (χ2n) is 7.39. The Bertz CT molecular complexity index is 414. The van der Waals surface area contributed by atoms with E-state index < -0.39 is 11.4 Å². The summed E-state index contributed by atoms with van der Waals surface area (Å²) in [6.45, 7) is 1.14. The summed E-state index contributed by atoms with van der Waals surface area (Å²) in [5.74, 6) is 0.237. The molecule has 0 radical (unpaired) electrons. The lowest BCUT2D eigenvalue weighted by atomic mass is 9.81. The number of carbonyl (C=O) groups is 2. The molecule has 0 aromatic heterocycles. The van der Waals surface area contributed by atoms with Crippen molar-refractivity contribution in [2.45, 2.75) is 64.2 Å². The van der Waals surface area contributed by atoms with Crippen LogP contribution in [-0.2, 0) is 9.59 Å². The zero-order chi connectivity index (χ0) is 14.9. The standard InChI is InChI=1S/C17H27NO3/c19-15(10-13-6-3-1-2-4-7-13)18-11-14-8-5-9-17(14,12-18)16(20)21/h13-14H,1-12H2,(H,20,21)/t14-,17+/m0/s1. The Morgan fingerprint density at radius 2 is 1.76 bits per heavy atom. The fraction of sp³-hybridized carbons (Fsp3) is 0.882. The molecule has 2 atom stereocenters. The molecule has 0 aromatic rings. The summed E-state index contributed by atoms with van der Waals surface area (Å²) < 4.78 is 0. The molecule has 3 aliphatic rings. The third-order valence-corrected chi connectivity index (χ3v) is 6.09. The molecule has 1 N–H and O–H groups in total. The van der Waals surface area contributed by atoms with E-state index in [1.54, 1.807) is 0 Å². The first kappa shape index (κ1) is 14.9. The Morgan fingerprint density at radius 1 is 1.05 bits per heavy atom. The first-order valence-electron chi connectivity index (χ1n) is 8.63. The normalized spacial score (nSPS) is 33.7. The summed E-state index contributed by atoms with van der Waals surface area (Å²) in [6.07, 6.45) is 10.8. The summed E-state index contributed by atoms with van der Waals surface area (Å²) in [5.41, 5.74) is -0.626. The van der Waals surface area contributed by atoms with Crippen LogP contribution in [0.15, 0.2) is 0 Å². The number of aliphatic carboxylic acids is 1. The Labute approximate surface area is 126 Å². The van der Waals surface area contributed by atoms with Gasteiger partial charge in [0.15, 0.2) is 0 Å². The highest BCUT2D eigenvalue weighted by Crippen LogP contribution is 2.49. The maximum atomic E-state index is 12.6. The quantitative estimate of drug-likeness (QED) is 0.814. The van der Waals surface area contributed by atoms with Crippen molar-refractivity contribution >= 4 is 11.9 Å². The molecule has 1 aliphatic heterocycles. The summed E-state index contributed by atoms with van der Waals surface area (Å²) in [6, 6.07) is 0. The molecule has 4 nitrogen and oxygen atoms in total. The molecule has 1 saturated heterocycles. The maximum absolute atomic E-state index is 12.6. The summed E-state index contributed by atoms with van der Waals surface area (Å²) in [5, 5.41) is 9.59. The molecule has 0 spiro atoms. The lowest BCUT2D eigenvalue weighted by Gasteiger charge is -2.24. The molecule has 3 fully saturated rings. The van der Waals surface area contributed by atoms with E-state index >= 15 is 0 Å². The highest BCUT2D eigenvalue weighted by molar-refractivity contribution is 5.81. The van der Waals surface area contributed by atoms with Crippen LogP contribution >= 0.6 is 0 Å². The van der Waals surface area contributed by atoms with Gasteiger partial charge in [-0.2, -0.15) is 0 Å². The van der Waals surface area contributed by atoms with Crippen molar-refractivity contribution < 1.29 is 14.7 Å². The predicted molar refractivity (Wildman–Crippen MR) is 79.8 cm³/mol. The number of amides is 1. The van der Waals surface area contributed by atoms with E-state index in [4.69, 9.17) is 0 Å². The Kier molecular flexibility index (Phi) is 4.23. The molecule has 0 bridgehead atoms. The lowest BCUT2D eigenvalue weighted by Crippen LogP contribution is -2.37. The lowest BCUT2D eigenvalue weighted by molar-refractivity contribution is -0.149. The van der Waals surface area contributed by atoms with Gasteiger partial charge in [-0.1, -0.05) is 32.1 Å². The minimum atomic E-state index is -0.685. The average Bonchev–Trinajstić information content (AvgIpc) is 2.90. The van der Waals surface area contributed by atoms with Crippen LogP contribution in [0.3, 0.4) is 0 Å². The third-order valence-electron chi connectivity index (χ3n) is 6.09. The molecule has 1 amide bonds. The van der Waals surface area contributed by atoms with Gasteiger partial charge in [-0.3, -0.25) is 9.59 Å². The van der Waals surface area contributed by atoms with Gasteiger partial charge in [-0.05, 0) is 37.5 Å². The summed E-state index contributed by atoms with van der Waals surface area (Å²) in [4.78, 5) is 26.1. The van der Waals surface area contributed by atoms with Crippen molar-refractivity contribution in [2.24, 2.45) is 17.3 Å². The molecule has 21 heavy (non-hydrogen) atoms. The molecule has 4 heteroatoms. The van der Waals surface area contributed by atoms with Crippen LogP contribution < -0.4 is 0 Å². The number of carboxylic acids is 1. The van der Waals surface area contributed by atoms with Crippen LogP contribution in [-0.4, -0.2) is 35.0 Å². The topological polar surface area (TPSA) is 57.6 Å². The van der Waals surface area contributed by atoms with E-state index in [9.17, 15) is 14.7 Å². The maximum Gasteiger partial charge on any atom is 0.311 e. The molecular formula is C17H27NO3. The number of likely N-dealkylation sites (tertiary alicyclic amines) is 1. The van der Waals surface area contributed by atoms with Crippen molar-refractivity contribution in [2.75, 3.05) is 13.1 Å². The van der Waals surface area contributed by atoms with Gasteiger partial charge in [0.1, 0.15) is 0 Å². The Hall–Kier alpha value is -1.06. The third kappa shape index (κ3) is 2.82. The van der Waals surface area contributed by atoms with Crippen molar-refractivity contribution in [1.29, 1.82) is 0 Å². The second kappa shape index (κ2) is 5.98. The predicted octanol–water partition coefficient (Wildman–Crippen LogP) is 3.06. The van der Waals surface area contributed by atoms with Crippen molar-refractivity contribution in [1.82, 2.24) is 4.90 Å². The van der Waals surface area contributed by atoms with Crippen LogP contribution in [0.5, 0.6) is 0 Å². The average molecular weight is 293 g/mol. The monoisotopic (exact) mass is 293 g/mol. The number of hydrogen-bond acceptors (Lipinski definition) is 2. The van der Waals surface area contributed by atoms with Gasteiger partial charge < -0.3 is 10.0 Å². The van der Waals surface area contributed by atoms with Crippen LogP contribution in [0.2, 0.25) is 0 Å². The minimum absolute atomic E-state index is 0.188. The molecule has 0 unspecified atom stereocenters. The fourth-order valence-electron chi connectivity index (χ4n) is 4.77. The van der Waals surface area contributed by atoms with E-state index in [0.29, 0.717) is 25.4 Å². The van der Waals surface area contributed by atoms with Crippen molar-refractivity contribution in [3.05, 3.63) is 0 Å². The number of fused-ring (bicyclic) bond motifs is 1. The van der Waals surface area contributed by atoms with Gasteiger partial charge in [0.2, 0.25) is 5.91 Å². The smallest absolute Gasteiger partial charge is 0.311 e. The van der Waals surface area contributed by atoms with Gasteiger partial charge in [0.25, 0.3) is 0 Å². The van der Waals surface area contributed by atoms with Crippen molar-refractivity contribution in [3.8, 4) is 0 Å². The van der Waals surface area contributed by atoms with Crippen LogP contribution in [0.4, 0.5) is 0 Å². The van der Waals surface area contributed by atoms with E-state index in [1.165, 1.54) is 38.5 Å². The molecule has 2 saturated carbocycles. The van der Waals surface area contributed by atoms with Crippen LogP contribution in [0.25, 0.3) is 0 Å². The van der Waals surface area contributed by atoms with E-state index in [-0.39, 0.29) is 11.8 Å². The van der Waals surface area contributed by atoms with E-state index in [2.05, 4.69) is 0 Å². The largest absolute Gasteiger partial charge is 0.481 e. The molecule has 2 aliphatic carbocycles. The van der Waals surface area contributed by atoms with Crippen LogP contribution in [0.1, 0.15) is 64.2 Å². The van der Waals surface area contributed by atoms with Gasteiger partial charge in [-0.25, -0.2) is 0 Å². The first-order valence-corrected chi connectivity index (χ1v) is 8.63. The molecule has 118 valence electrons. The summed E-state index contributed by atoms with van der Waals surface area (Å²) in [7, 11) is 0. The number of hydrogen-bond donors (Lipinski definition) is 1. The number of carbonyl (C=O) groups excluding carboxylic acids is 1. The minimum Gasteiger partial charge on any atom is -0.481 e. The van der Waals surface area contributed by atoms with Gasteiger partial charge in [-0.15, -0.1) is 0 Å². The Morgan fingerprint density at radius 3 is 2.38 bits per heavy atom. The highest BCUT2D eigenvalue weighted by Gasteiger charge is 2.55. The van der Waals surface area contributed by atoms with Gasteiger partial charge in [0, 0.05) is 19.5 Å². The SMILES string of the molecule is O=C(CC1CCCCCC1)N1C[C@@H]2CCC[C@@]2(C(=O)O)C1.